The molecule has 5 heteroatoms. The van der Waals surface area contributed by atoms with Crippen LogP contribution in [0.5, 0.6) is 5.75 Å². The lowest BCUT2D eigenvalue weighted by Crippen LogP contribution is -2.34. The predicted molar refractivity (Wildman–Crippen MR) is 102 cm³/mol. The van der Waals surface area contributed by atoms with Gasteiger partial charge in [-0.3, -0.25) is 0 Å². The fourth-order valence-electron chi connectivity index (χ4n) is 2.52. The SMILES string of the molecule is COc1ccc(C)cc1CNCc1ccc(NC(=O)NC(C)C)cc1. The van der Waals surface area contributed by atoms with E-state index in [0.29, 0.717) is 0 Å². The van der Waals surface area contributed by atoms with Gasteiger partial charge in [-0.1, -0.05) is 29.8 Å². The average Bonchev–Trinajstić information content (AvgIpc) is 2.56. The van der Waals surface area contributed by atoms with E-state index >= 15 is 0 Å². The van der Waals surface area contributed by atoms with Crippen molar-refractivity contribution in [2.24, 2.45) is 0 Å². The molecule has 0 saturated heterocycles. The smallest absolute Gasteiger partial charge is 0.319 e. The molecule has 0 unspecified atom stereocenters. The fraction of sp³-hybridized carbons (Fsp3) is 0.350. The van der Waals surface area contributed by atoms with Gasteiger partial charge in [-0.25, -0.2) is 4.79 Å². The largest absolute Gasteiger partial charge is 0.496 e. The van der Waals surface area contributed by atoms with Crippen LogP contribution < -0.4 is 20.7 Å². The Morgan fingerprint density at radius 3 is 2.44 bits per heavy atom. The monoisotopic (exact) mass is 341 g/mol. The lowest BCUT2D eigenvalue weighted by atomic mass is 10.1. The zero-order chi connectivity index (χ0) is 18.2. The molecule has 5 nitrogen and oxygen atoms in total. The predicted octanol–water partition coefficient (Wildman–Crippen LogP) is 3.82. The van der Waals surface area contributed by atoms with Crippen LogP contribution in [-0.2, 0) is 13.1 Å². The maximum absolute atomic E-state index is 11.7. The lowest BCUT2D eigenvalue weighted by molar-refractivity contribution is 0.250. The summed E-state index contributed by atoms with van der Waals surface area (Å²) >= 11 is 0. The van der Waals surface area contributed by atoms with Crippen molar-refractivity contribution >= 4 is 11.7 Å². The fourth-order valence-corrected chi connectivity index (χ4v) is 2.52. The summed E-state index contributed by atoms with van der Waals surface area (Å²) in [6, 6.07) is 13.9. The van der Waals surface area contributed by atoms with E-state index in [-0.39, 0.29) is 12.1 Å². The third-order valence-corrected chi connectivity index (χ3v) is 3.71. The second-order valence-electron chi connectivity index (χ2n) is 6.37. The van der Waals surface area contributed by atoms with Gasteiger partial charge in [-0.15, -0.1) is 0 Å². The highest BCUT2D eigenvalue weighted by molar-refractivity contribution is 5.89. The van der Waals surface area contributed by atoms with Gasteiger partial charge < -0.3 is 20.7 Å². The van der Waals surface area contributed by atoms with Gasteiger partial charge in [0.05, 0.1) is 7.11 Å². The summed E-state index contributed by atoms with van der Waals surface area (Å²) in [7, 11) is 1.69. The van der Waals surface area contributed by atoms with Crippen molar-refractivity contribution in [3.05, 3.63) is 59.2 Å². The van der Waals surface area contributed by atoms with Crippen molar-refractivity contribution in [1.82, 2.24) is 10.6 Å². The quantitative estimate of drug-likeness (QED) is 0.717. The number of nitrogens with one attached hydrogen (secondary N) is 3. The second-order valence-corrected chi connectivity index (χ2v) is 6.37. The first-order chi connectivity index (χ1) is 12.0. The van der Waals surface area contributed by atoms with Gasteiger partial charge in [0.2, 0.25) is 0 Å². The molecule has 0 atom stereocenters. The molecule has 2 rings (SSSR count). The minimum atomic E-state index is -0.188. The number of amides is 2. The molecule has 0 bridgehead atoms. The number of aryl methyl sites for hydroxylation is 1. The standard InChI is InChI=1S/C20H27N3O2/c1-14(2)22-20(24)23-18-8-6-16(7-9-18)12-21-13-17-11-15(3)5-10-19(17)25-4/h5-11,14,21H,12-13H2,1-4H3,(H2,22,23,24). The summed E-state index contributed by atoms with van der Waals surface area (Å²) in [6.07, 6.45) is 0. The van der Waals surface area contributed by atoms with Gasteiger partial charge in [0, 0.05) is 30.4 Å². The van der Waals surface area contributed by atoms with Crippen molar-refractivity contribution in [3.8, 4) is 5.75 Å². The number of urea groups is 1. The Labute approximate surface area is 149 Å². The van der Waals surface area contributed by atoms with Gasteiger partial charge in [0.25, 0.3) is 0 Å². The highest BCUT2D eigenvalue weighted by atomic mass is 16.5. The van der Waals surface area contributed by atoms with E-state index in [4.69, 9.17) is 4.74 Å². The van der Waals surface area contributed by atoms with Crippen molar-refractivity contribution < 1.29 is 9.53 Å². The first kappa shape index (κ1) is 18.8. The first-order valence-electron chi connectivity index (χ1n) is 8.48. The van der Waals surface area contributed by atoms with Crippen molar-refractivity contribution in [1.29, 1.82) is 0 Å². The summed E-state index contributed by atoms with van der Waals surface area (Å²) < 4.78 is 5.40. The maximum Gasteiger partial charge on any atom is 0.319 e. The highest BCUT2D eigenvalue weighted by Crippen LogP contribution is 2.19. The van der Waals surface area contributed by atoms with Crippen LogP contribution in [0.3, 0.4) is 0 Å². The third-order valence-electron chi connectivity index (χ3n) is 3.71. The number of methoxy groups -OCH3 is 1. The van der Waals surface area contributed by atoms with Gasteiger partial charge >= 0.3 is 6.03 Å². The van der Waals surface area contributed by atoms with Crippen molar-refractivity contribution in [3.63, 3.8) is 0 Å². The molecular formula is C20H27N3O2. The molecular weight excluding hydrogens is 314 g/mol. The van der Waals surface area contributed by atoms with Gasteiger partial charge in [-0.2, -0.15) is 0 Å². The summed E-state index contributed by atoms with van der Waals surface area (Å²) in [6.45, 7) is 7.41. The molecule has 0 aromatic heterocycles. The molecule has 0 aliphatic rings. The highest BCUT2D eigenvalue weighted by Gasteiger charge is 2.04. The molecule has 3 N–H and O–H groups in total. The van der Waals surface area contributed by atoms with Crippen LogP contribution in [0, 0.1) is 6.92 Å². The number of hydrogen-bond acceptors (Lipinski definition) is 3. The van der Waals surface area contributed by atoms with E-state index in [1.807, 2.05) is 50.2 Å². The van der Waals surface area contributed by atoms with E-state index in [1.54, 1.807) is 7.11 Å². The van der Waals surface area contributed by atoms with Crippen molar-refractivity contribution in [2.75, 3.05) is 12.4 Å². The number of carbonyl (C=O) groups is 1. The Morgan fingerprint density at radius 2 is 1.80 bits per heavy atom. The molecule has 0 fully saturated rings. The number of anilines is 1. The van der Waals surface area contributed by atoms with E-state index in [9.17, 15) is 4.79 Å². The van der Waals surface area contributed by atoms with Gasteiger partial charge in [-0.05, 0) is 44.5 Å². The molecule has 0 aliphatic heterocycles. The number of rotatable bonds is 7. The minimum absolute atomic E-state index is 0.113. The van der Waals surface area contributed by atoms with E-state index in [0.717, 1.165) is 35.7 Å². The number of hydrogen-bond donors (Lipinski definition) is 3. The van der Waals surface area contributed by atoms with Gasteiger partial charge in [0.15, 0.2) is 0 Å². The van der Waals surface area contributed by atoms with E-state index in [1.165, 1.54) is 5.56 Å². The lowest BCUT2D eigenvalue weighted by Gasteiger charge is -2.12. The van der Waals surface area contributed by atoms with Crippen LogP contribution in [-0.4, -0.2) is 19.2 Å². The molecule has 2 amide bonds. The zero-order valence-electron chi connectivity index (χ0n) is 15.3. The Balaban J connectivity index is 1.86. The summed E-state index contributed by atoms with van der Waals surface area (Å²) in [5, 5.41) is 9.04. The zero-order valence-corrected chi connectivity index (χ0v) is 15.3. The summed E-state index contributed by atoms with van der Waals surface area (Å²) in [4.78, 5) is 11.7. The molecule has 2 aromatic carbocycles. The summed E-state index contributed by atoms with van der Waals surface area (Å²) in [5.74, 6) is 0.897. The van der Waals surface area contributed by atoms with Gasteiger partial charge in [0.1, 0.15) is 5.75 Å². The molecule has 0 heterocycles. The Morgan fingerprint density at radius 1 is 1.08 bits per heavy atom. The molecule has 0 radical (unpaired) electrons. The molecule has 25 heavy (non-hydrogen) atoms. The number of carbonyl (C=O) groups excluding carboxylic acids is 1. The number of benzene rings is 2. The van der Waals surface area contributed by atoms with Crippen LogP contribution in [0.15, 0.2) is 42.5 Å². The Kier molecular flexibility index (Phi) is 6.83. The van der Waals surface area contributed by atoms with Crippen LogP contribution in [0.25, 0.3) is 0 Å². The molecule has 134 valence electrons. The van der Waals surface area contributed by atoms with Crippen LogP contribution in [0.2, 0.25) is 0 Å². The van der Waals surface area contributed by atoms with E-state index in [2.05, 4.69) is 28.9 Å². The maximum atomic E-state index is 11.7. The Hall–Kier alpha value is -2.53. The first-order valence-corrected chi connectivity index (χ1v) is 8.48. The Bertz CT molecular complexity index is 697. The summed E-state index contributed by atoms with van der Waals surface area (Å²) in [5.41, 5.74) is 4.29. The number of ether oxygens (including phenoxy) is 1. The molecule has 0 spiro atoms. The molecule has 0 saturated carbocycles. The third kappa shape index (κ3) is 6.12. The van der Waals surface area contributed by atoms with Crippen LogP contribution >= 0.6 is 0 Å². The average molecular weight is 341 g/mol. The molecule has 0 aliphatic carbocycles. The van der Waals surface area contributed by atoms with Crippen molar-refractivity contribution in [2.45, 2.75) is 39.9 Å². The van der Waals surface area contributed by atoms with E-state index < -0.39 is 0 Å². The topological polar surface area (TPSA) is 62.4 Å². The molecule has 2 aromatic rings. The van der Waals surface area contributed by atoms with Crippen LogP contribution in [0.4, 0.5) is 10.5 Å². The normalized spacial score (nSPS) is 10.6. The van der Waals surface area contributed by atoms with Crippen LogP contribution in [0.1, 0.15) is 30.5 Å². The second kappa shape index (κ2) is 9.08. The minimum Gasteiger partial charge on any atom is -0.496 e.